The molecule has 4 heteroatoms. The van der Waals surface area contributed by atoms with E-state index < -0.39 is 0 Å². The summed E-state index contributed by atoms with van der Waals surface area (Å²) in [4.78, 5) is 21.5. The van der Waals surface area contributed by atoms with Crippen molar-refractivity contribution in [1.82, 2.24) is 4.57 Å². The summed E-state index contributed by atoms with van der Waals surface area (Å²) in [5.41, 5.74) is 0.482. The molecular weight excluding hydrogens is 170 g/mol. The van der Waals surface area contributed by atoms with E-state index >= 15 is 0 Å². The molecule has 0 aliphatic heterocycles. The Morgan fingerprint density at radius 3 is 2.85 bits per heavy atom. The average Bonchev–Trinajstić information content (AvgIpc) is 2.48. The van der Waals surface area contributed by atoms with Gasteiger partial charge in [0.1, 0.15) is 0 Å². The minimum Gasteiger partial charge on any atom is -0.479 e. The Morgan fingerprint density at radius 1 is 1.69 bits per heavy atom. The fourth-order valence-corrected chi connectivity index (χ4v) is 0.997. The molecule has 1 rings (SSSR count). The van der Waals surface area contributed by atoms with Crippen LogP contribution in [0.25, 0.3) is 0 Å². The number of aromatic nitrogens is 1. The Morgan fingerprint density at radius 2 is 2.38 bits per heavy atom. The normalized spacial score (nSPS) is 9.69. The number of hydrogen-bond donors (Lipinski definition) is 0. The van der Waals surface area contributed by atoms with Gasteiger partial charge in [0.05, 0.1) is 6.61 Å². The maximum absolute atomic E-state index is 10.9. The topological polar surface area (TPSA) is 48.3 Å². The van der Waals surface area contributed by atoms with Gasteiger partial charge < -0.3 is 4.74 Å². The Hall–Kier alpha value is -1.58. The lowest BCUT2D eigenvalue weighted by Gasteiger charge is -2.00. The molecule has 0 saturated carbocycles. The van der Waals surface area contributed by atoms with E-state index in [1.807, 2.05) is 6.92 Å². The van der Waals surface area contributed by atoms with Gasteiger partial charge >= 0.3 is 0 Å². The van der Waals surface area contributed by atoms with Crippen LogP contribution in [0.1, 0.15) is 24.2 Å². The SMILES string of the molecule is CCOc1cc(C(C)=O)cn1C=O. The second-order valence-electron chi connectivity index (χ2n) is 2.57. The summed E-state index contributed by atoms with van der Waals surface area (Å²) >= 11 is 0. The summed E-state index contributed by atoms with van der Waals surface area (Å²) in [5.74, 6) is 0.323. The molecule has 0 aromatic carbocycles. The van der Waals surface area contributed by atoms with Gasteiger partial charge in [0.25, 0.3) is 0 Å². The molecule has 0 fully saturated rings. The third-order valence-corrected chi connectivity index (χ3v) is 1.62. The Labute approximate surface area is 76.1 Å². The summed E-state index contributed by atoms with van der Waals surface area (Å²) < 4.78 is 6.39. The van der Waals surface area contributed by atoms with Crippen LogP contribution in [0.4, 0.5) is 0 Å². The minimum absolute atomic E-state index is 0.0819. The van der Waals surface area contributed by atoms with E-state index in [9.17, 15) is 9.59 Å². The molecule has 0 saturated heterocycles. The van der Waals surface area contributed by atoms with Crippen LogP contribution in [-0.2, 0) is 4.79 Å². The minimum atomic E-state index is -0.0819. The second-order valence-corrected chi connectivity index (χ2v) is 2.57. The van der Waals surface area contributed by atoms with Crippen molar-refractivity contribution in [2.45, 2.75) is 13.8 Å². The predicted octanol–water partition coefficient (Wildman–Crippen LogP) is 1.13. The van der Waals surface area contributed by atoms with Gasteiger partial charge in [0.2, 0.25) is 12.3 Å². The molecule has 0 aliphatic carbocycles. The smallest absolute Gasteiger partial charge is 0.220 e. The monoisotopic (exact) mass is 181 g/mol. The number of rotatable bonds is 4. The molecule has 4 nitrogen and oxygen atoms in total. The first-order valence-corrected chi connectivity index (χ1v) is 4.00. The van der Waals surface area contributed by atoms with Gasteiger partial charge in [-0.1, -0.05) is 0 Å². The summed E-state index contributed by atoms with van der Waals surface area (Å²) in [7, 11) is 0. The van der Waals surface area contributed by atoms with Gasteiger partial charge in [-0.25, -0.2) is 0 Å². The summed E-state index contributed by atoms with van der Waals surface area (Å²) in [6, 6.07) is 1.56. The summed E-state index contributed by atoms with van der Waals surface area (Å²) in [5, 5.41) is 0. The number of ketones is 1. The van der Waals surface area contributed by atoms with Crippen molar-refractivity contribution in [3.05, 3.63) is 17.8 Å². The van der Waals surface area contributed by atoms with Crippen molar-refractivity contribution >= 4 is 12.2 Å². The van der Waals surface area contributed by atoms with Crippen LogP contribution < -0.4 is 4.74 Å². The largest absolute Gasteiger partial charge is 0.479 e. The Balaban J connectivity index is 3.03. The zero-order chi connectivity index (χ0) is 9.84. The van der Waals surface area contributed by atoms with Gasteiger partial charge in [-0.15, -0.1) is 0 Å². The van der Waals surface area contributed by atoms with Crippen LogP contribution in [0.3, 0.4) is 0 Å². The van der Waals surface area contributed by atoms with Gasteiger partial charge in [-0.05, 0) is 13.8 Å². The highest BCUT2D eigenvalue weighted by atomic mass is 16.5. The fraction of sp³-hybridized carbons (Fsp3) is 0.333. The standard InChI is InChI=1S/C9H11NO3/c1-3-13-9-4-8(7(2)12)5-10(9)6-11/h4-6H,3H2,1-2H3. The summed E-state index contributed by atoms with van der Waals surface area (Å²) in [6.45, 7) is 3.73. The van der Waals surface area contributed by atoms with Gasteiger partial charge in [-0.3, -0.25) is 14.2 Å². The lowest BCUT2D eigenvalue weighted by Crippen LogP contribution is -1.99. The van der Waals surface area contributed by atoms with Crippen LogP contribution in [0.2, 0.25) is 0 Å². The van der Waals surface area contributed by atoms with Crippen molar-refractivity contribution in [3.63, 3.8) is 0 Å². The zero-order valence-electron chi connectivity index (χ0n) is 7.61. The number of carbonyl (C=O) groups excluding carboxylic acids is 2. The number of Topliss-reactive ketones (excluding diaryl/α,β-unsaturated/α-hetero) is 1. The highest BCUT2D eigenvalue weighted by Crippen LogP contribution is 2.15. The molecular formula is C9H11NO3. The van der Waals surface area contributed by atoms with Crippen LogP contribution in [-0.4, -0.2) is 23.4 Å². The molecule has 13 heavy (non-hydrogen) atoms. The fourth-order valence-electron chi connectivity index (χ4n) is 0.997. The van der Waals surface area contributed by atoms with E-state index in [4.69, 9.17) is 4.74 Å². The van der Waals surface area contributed by atoms with Crippen LogP contribution in [0, 0.1) is 0 Å². The number of carbonyl (C=O) groups is 2. The lowest BCUT2D eigenvalue weighted by atomic mass is 10.2. The van der Waals surface area contributed by atoms with Crippen molar-refractivity contribution in [3.8, 4) is 5.88 Å². The Kier molecular flexibility index (Phi) is 2.84. The highest BCUT2D eigenvalue weighted by molar-refractivity contribution is 5.94. The molecule has 1 aromatic rings. The van der Waals surface area contributed by atoms with E-state index in [1.165, 1.54) is 17.7 Å². The van der Waals surface area contributed by atoms with Crippen molar-refractivity contribution in [2.75, 3.05) is 6.61 Å². The number of nitrogens with zero attached hydrogens (tertiary/aromatic N) is 1. The van der Waals surface area contributed by atoms with Gasteiger partial charge in [-0.2, -0.15) is 0 Å². The molecule has 1 heterocycles. The average molecular weight is 181 g/mol. The molecule has 1 aromatic heterocycles. The molecule has 0 unspecified atom stereocenters. The maximum Gasteiger partial charge on any atom is 0.220 e. The highest BCUT2D eigenvalue weighted by Gasteiger charge is 2.08. The molecule has 0 amide bonds. The molecule has 0 N–H and O–H groups in total. The van der Waals surface area contributed by atoms with E-state index in [2.05, 4.69) is 0 Å². The van der Waals surface area contributed by atoms with E-state index in [-0.39, 0.29) is 5.78 Å². The van der Waals surface area contributed by atoms with Crippen molar-refractivity contribution in [1.29, 1.82) is 0 Å². The third kappa shape index (κ3) is 1.96. The first-order valence-electron chi connectivity index (χ1n) is 4.00. The number of ether oxygens (including phenoxy) is 1. The molecule has 0 spiro atoms. The first-order chi connectivity index (χ1) is 6.19. The van der Waals surface area contributed by atoms with E-state index in [0.717, 1.165) is 0 Å². The Bertz CT molecular complexity index is 328. The molecule has 70 valence electrons. The first kappa shape index (κ1) is 9.51. The molecule has 0 aliphatic rings. The van der Waals surface area contributed by atoms with Gasteiger partial charge in [0.15, 0.2) is 5.78 Å². The van der Waals surface area contributed by atoms with Gasteiger partial charge in [0, 0.05) is 17.8 Å². The zero-order valence-corrected chi connectivity index (χ0v) is 7.61. The predicted molar refractivity (Wildman–Crippen MR) is 47.8 cm³/mol. The van der Waals surface area contributed by atoms with Crippen molar-refractivity contribution < 1.29 is 14.3 Å². The van der Waals surface area contributed by atoms with Crippen molar-refractivity contribution in [2.24, 2.45) is 0 Å². The maximum atomic E-state index is 10.9. The molecule has 0 bridgehead atoms. The third-order valence-electron chi connectivity index (χ3n) is 1.62. The molecule has 0 radical (unpaired) electrons. The second kappa shape index (κ2) is 3.89. The molecule has 0 atom stereocenters. The number of hydrogen-bond acceptors (Lipinski definition) is 3. The quantitative estimate of drug-likeness (QED) is 0.516. The van der Waals surface area contributed by atoms with Crippen LogP contribution in [0.5, 0.6) is 5.88 Å². The summed E-state index contributed by atoms with van der Waals surface area (Å²) in [6.07, 6.45) is 2.07. The lowest BCUT2D eigenvalue weighted by molar-refractivity contribution is 0.101. The van der Waals surface area contributed by atoms with E-state index in [1.54, 1.807) is 6.07 Å². The van der Waals surface area contributed by atoms with Crippen LogP contribution >= 0.6 is 0 Å². The van der Waals surface area contributed by atoms with Crippen LogP contribution in [0.15, 0.2) is 12.3 Å². The van der Waals surface area contributed by atoms with E-state index in [0.29, 0.717) is 24.5 Å².